The van der Waals surface area contributed by atoms with Crippen molar-refractivity contribution in [3.63, 3.8) is 0 Å². The maximum absolute atomic E-state index is 12.3. The van der Waals surface area contributed by atoms with Crippen LogP contribution < -0.4 is 5.32 Å². The fourth-order valence-electron chi connectivity index (χ4n) is 6.41. The van der Waals surface area contributed by atoms with Gasteiger partial charge in [-0.15, -0.1) is 0 Å². The molecular formula is C48H78INO15. The summed E-state index contributed by atoms with van der Waals surface area (Å²) >= 11 is 2.42. The molecule has 17 heteroatoms. The molecule has 0 saturated heterocycles. The number of carbonyl (C=O) groups excluding carboxylic acids is 1. The van der Waals surface area contributed by atoms with E-state index >= 15 is 0 Å². The Morgan fingerprint density at radius 2 is 0.677 bits per heavy atom. The zero-order chi connectivity index (χ0) is 45.8. The Balaban J connectivity index is 0.901. The predicted molar refractivity (Wildman–Crippen MR) is 256 cm³/mol. The van der Waals surface area contributed by atoms with Gasteiger partial charge in [-0.3, -0.25) is 0 Å². The molecule has 0 radical (unpaired) electrons. The smallest absolute Gasteiger partial charge is 0.407 e. The highest BCUT2D eigenvalue weighted by atomic mass is 127. The number of carbonyl (C=O) groups is 1. The first-order valence-electron chi connectivity index (χ1n) is 23.5. The van der Waals surface area contributed by atoms with Gasteiger partial charge in [0, 0.05) is 25.7 Å². The van der Waals surface area contributed by atoms with Crippen molar-refractivity contribution in [2.45, 2.75) is 38.0 Å². The van der Waals surface area contributed by atoms with Crippen molar-refractivity contribution in [2.75, 3.05) is 189 Å². The van der Waals surface area contributed by atoms with E-state index in [1.165, 1.54) is 45.9 Å². The third-order valence-corrected chi connectivity index (χ3v) is 10.5. The minimum atomic E-state index is -0.416. The normalized spacial score (nSPS) is 12.2. The van der Waals surface area contributed by atoms with Crippen LogP contribution in [0.4, 0.5) is 4.79 Å². The molecule has 1 N–H and O–H groups in total. The number of amides is 1. The summed E-state index contributed by atoms with van der Waals surface area (Å²) in [5.41, 5.74) is 4.80. The van der Waals surface area contributed by atoms with Crippen molar-refractivity contribution >= 4 is 28.7 Å². The van der Waals surface area contributed by atoms with Crippen LogP contribution in [-0.2, 0) is 66.3 Å². The molecule has 2 aromatic carbocycles. The summed E-state index contributed by atoms with van der Waals surface area (Å²) in [7, 11) is 0. The lowest BCUT2D eigenvalue weighted by Gasteiger charge is -2.14. The molecule has 0 unspecified atom stereocenters. The van der Waals surface area contributed by atoms with E-state index in [0.29, 0.717) is 185 Å². The second-order valence-electron chi connectivity index (χ2n) is 14.7. The van der Waals surface area contributed by atoms with Crippen LogP contribution in [0.15, 0.2) is 48.5 Å². The van der Waals surface area contributed by atoms with Gasteiger partial charge < -0.3 is 71.6 Å². The molecule has 65 heavy (non-hydrogen) atoms. The van der Waals surface area contributed by atoms with Gasteiger partial charge in [-0.1, -0.05) is 84.0 Å². The monoisotopic (exact) mass is 1040 g/mol. The first kappa shape index (κ1) is 57.2. The number of benzene rings is 2. The SMILES string of the molecule is O=C(NCCCOCCOCCOCCOCCOCCOCCOCCOCCOCCOCCOCCOCCOCCCCCCI)OCC1c2ccccc2-c2ccccc21. The van der Waals surface area contributed by atoms with Gasteiger partial charge in [-0.25, -0.2) is 4.79 Å². The standard InChI is InChI=1S/C48H78INO15/c49-14-7-1-2-8-16-52-18-20-54-22-24-56-26-28-58-30-32-60-34-36-62-38-40-64-41-39-63-37-35-61-33-31-59-29-27-57-25-23-55-21-19-53-17-9-15-50-48(51)65-42-47-45-12-5-3-10-43(45)44-11-4-6-13-46(44)47/h3-6,10-13,47H,1-2,7-9,14-42H2,(H,50,51). The highest BCUT2D eigenvalue weighted by molar-refractivity contribution is 14.1. The summed E-state index contributed by atoms with van der Waals surface area (Å²) in [6.45, 7) is 14.4. The number of fused-ring (bicyclic) bond motifs is 3. The second kappa shape index (κ2) is 43.2. The van der Waals surface area contributed by atoms with Gasteiger partial charge in [-0.05, 0) is 45.9 Å². The average molecular weight is 1040 g/mol. The van der Waals surface area contributed by atoms with E-state index in [0.717, 1.165) is 13.0 Å². The minimum absolute atomic E-state index is 0.0472. The number of rotatable bonds is 48. The third kappa shape index (κ3) is 30.8. The van der Waals surface area contributed by atoms with Crippen LogP contribution >= 0.6 is 22.6 Å². The number of nitrogens with one attached hydrogen (secondary N) is 1. The number of ether oxygens (including phenoxy) is 14. The summed E-state index contributed by atoms with van der Waals surface area (Å²) in [5.74, 6) is 0.0472. The highest BCUT2D eigenvalue weighted by Gasteiger charge is 2.29. The lowest BCUT2D eigenvalue weighted by Crippen LogP contribution is -2.27. The van der Waals surface area contributed by atoms with E-state index in [1.54, 1.807) is 0 Å². The van der Waals surface area contributed by atoms with Crippen molar-refractivity contribution < 1.29 is 71.1 Å². The molecular weight excluding hydrogens is 957 g/mol. The molecule has 372 valence electrons. The largest absolute Gasteiger partial charge is 0.449 e. The van der Waals surface area contributed by atoms with Crippen LogP contribution in [0, 0.1) is 0 Å². The summed E-state index contributed by atoms with van der Waals surface area (Å²) in [6, 6.07) is 16.6. The molecule has 1 amide bonds. The van der Waals surface area contributed by atoms with Gasteiger partial charge in [0.2, 0.25) is 0 Å². The van der Waals surface area contributed by atoms with E-state index in [1.807, 2.05) is 24.3 Å². The molecule has 1 aliphatic rings. The number of hydrogen-bond acceptors (Lipinski definition) is 15. The van der Waals surface area contributed by atoms with Gasteiger partial charge in [0.05, 0.1) is 159 Å². The lowest BCUT2D eigenvalue weighted by atomic mass is 9.98. The van der Waals surface area contributed by atoms with Gasteiger partial charge in [-0.2, -0.15) is 0 Å². The molecule has 0 spiro atoms. The Labute approximate surface area is 401 Å². The van der Waals surface area contributed by atoms with Crippen LogP contribution in [0.5, 0.6) is 0 Å². The fourth-order valence-corrected chi connectivity index (χ4v) is 6.95. The molecule has 1 aliphatic carbocycles. The minimum Gasteiger partial charge on any atom is -0.449 e. The molecule has 2 aromatic rings. The van der Waals surface area contributed by atoms with Gasteiger partial charge >= 0.3 is 6.09 Å². The van der Waals surface area contributed by atoms with Crippen LogP contribution in [0.2, 0.25) is 0 Å². The summed E-state index contributed by atoms with van der Waals surface area (Å²) in [5, 5.41) is 2.81. The number of alkyl carbamates (subject to hydrolysis) is 1. The van der Waals surface area contributed by atoms with Gasteiger partial charge in [0.25, 0.3) is 0 Å². The van der Waals surface area contributed by atoms with E-state index in [2.05, 4.69) is 52.2 Å². The third-order valence-electron chi connectivity index (χ3n) is 9.71. The van der Waals surface area contributed by atoms with Crippen molar-refractivity contribution in [3.8, 4) is 11.1 Å². The number of unbranched alkanes of at least 4 members (excludes halogenated alkanes) is 3. The van der Waals surface area contributed by atoms with E-state index < -0.39 is 6.09 Å². The number of hydrogen-bond donors (Lipinski definition) is 1. The summed E-state index contributed by atoms with van der Waals surface area (Å²) in [4.78, 5) is 12.3. The van der Waals surface area contributed by atoms with E-state index in [4.69, 9.17) is 66.3 Å². The Morgan fingerprint density at radius 3 is 1.02 bits per heavy atom. The van der Waals surface area contributed by atoms with Crippen LogP contribution in [0.25, 0.3) is 11.1 Å². The van der Waals surface area contributed by atoms with Crippen LogP contribution in [0.3, 0.4) is 0 Å². The lowest BCUT2D eigenvalue weighted by molar-refractivity contribution is -0.0290. The molecule has 0 bridgehead atoms. The molecule has 0 aliphatic heterocycles. The van der Waals surface area contributed by atoms with Crippen molar-refractivity contribution in [1.29, 1.82) is 0 Å². The predicted octanol–water partition coefficient (Wildman–Crippen LogP) is 6.13. The number of alkyl halides is 1. The van der Waals surface area contributed by atoms with E-state index in [9.17, 15) is 4.79 Å². The average Bonchev–Trinajstić information content (AvgIpc) is 3.65. The van der Waals surface area contributed by atoms with Crippen molar-refractivity contribution in [1.82, 2.24) is 5.32 Å². The van der Waals surface area contributed by atoms with Crippen molar-refractivity contribution in [3.05, 3.63) is 59.7 Å². The maximum Gasteiger partial charge on any atom is 0.407 e. The maximum atomic E-state index is 12.3. The molecule has 0 aromatic heterocycles. The Kier molecular flexibility index (Phi) is 38.1. The number of halogens is 1. The first-order chi connectivity index (χ1) is 32.3. The topological polar surface area (TPSA) is 158 Å². The highest BCUT2D eigenvalue weighted by Crippen LogP contribution is 2.44. The molecule has 0 heterocycles. The van der Waals surface area contributed by atoms with Crippen LogP contribution in [0.1, 0.15) is 49.1 Å². The summed E-state index contributed by atoms with van der Waals surface area (Å²) in [6.07, 6.45) is 5.22. The first-order valence-corrected chi connectivity index (χ1v) is 25.0. The zero-order valence-electron chi connectivity index (χ0n) is 38.7. The summed E-state index contributed by atoms with van der Waals surface area (Å²) < 4.78 is 78.7. The molecule has 0 fully saturated rings. The molecule has 16 nitrogen and oxygen atoms in total. The van der Waals surface area contributed by atoms with Crippen molar-refractivity contribution in [2.24, 2.45) is 0 Å². The Hall–Kier alpha value is -2.08. The molecule has 0 atom stereocenters. The molecule has 0 saturated carbocycles. The van der Waals surface area contributed by atoms with Gasteiger partial charge in [0.15, 0.2) is 0 Å². The quantitative estimate of drug-likeness (QED) is 0.0459. The van der Waals surface area contributed by atoms with Gasteiger partial charge in [0.1, 0.15) is 6.61 Å². The zero-order valence-corrected chi connectivity index (χ0v) is 40.9. The Bertz CT molecular complexity index is 1340. The molecule has 3 rings (SSSR count). The fraction of sp³-hybridized carbons (Fsp3) is 0.729. The Morgan fingerprint density at radius 1 is 0.385 bits per heavy atom. The van der Waals surface area contributed by atoms with Crippen LogP contribution in [-0.4, -0.2) is 195 Å². The second-order valence-corrected chi connectivity index (χ2v) is 15.7. The van der Waals surface area contributed by atoms with E-state index in [-0.39, 0.29) is 5.92 Å².